The minimum atomic E-state index is 0.624. The second-order valence-electron chi connectivity index (χ2n) is 6.77. The van der Waals surface area contributed by atoms with Crippen LogP contribution in [-0.2, 0) is 6.42 Å². The van der Waals surface area contributed by atoms with E-state index in [1.807, 2.05) is 11.3 Å². The molecule has 4 heteroatoms. The van der Waals surface area contributed by atoms with Crippen LogP contribution in [0.5, 0.6) is 0 Å². The van der Waals surface area contributed by atoms with Gasteiger partial charge in [-0.15, -0.1) is 11.3 Å². The minimum absolute atomic E-state index is 0.624. The van der Waals surface area contributed by atoms with Gasteiger partial charge >= 0.3 is 0 Å². The zero-order chi connectivity index (χ0) is 17.1. The molecule has 3 heterocycles. The molecule has 0 amide bonds. The highest BCUT2D eigenvalue weighted by Gasteiger charge is 2.16. The minimum Gasteiger partial charge on any atom is -0.361 e. The van der Waals surface area contributed by atoms with E-state index >= 15 is 0 Å². The van der Waals surface area contributed by atoms with Gasteiger partial charge in [0.05, 0.1) is 0 Å². The third kappa shape index (κ3) is 4.08. The van der Waals surface area contributed by atoms with Crippen molar-refractivity contribution in [2.24, 2.45) is 0 Å². The van der Waals surface area contributed by atoms with Gasteiger partial charge in [0.1, 0.15) is 0 Å². The molecule has 1 unspecified atom stereocenters. The van der Waals surface area contributed by atoms with Crippen LogP contribution in [0, 0.1) is 0 Å². The van der Waals surface area contributed by atoms with Gasteiger partial charge in [0.2, 0.25) is 0 Å². The zero-order valence-electron chi connectivity index (χ0n) is 14.2. The van der Waals surface area contributed by atoms with E-state index in [4.69, 9.17) is 0 Å². The summed E-state index contributed by atoms with van der Waals surface area (Å²) in [5.41, 5.74) is 4.20. The maximum Gasteiger partial charge on any atom is 0.0457 e. The lowest BCUT2D eigenvalue weighted by molar-refractivity contribution is 0.477. The van der Waals surface area contributed by atoms with Crippen LogP contribution in [-0.4, -0.2) is 17.6 Å². The van der Waals surface area contributed by atoms with Crippen LogP contribution in [0.3, 0.4) is 0 Å². The second kappa shape index (κ2) is 7.90. The molecule has 2 N–H and O–H groups in total. The summed E-state index contributed by atoms with van der Waals surface area (Å²) in [7, 11) is 0. The van der Waals surface area contributed by atoms with Gasteiger partial charge in [0.25, 0.3) is 0 Å². The van der Waals surface area contributed by atoms with Crippen LogP contribution in [0.4, 0.5) is 0 Å². The highest BCUT2D eigenvalue weighted by molar-refractivity contribution is 9.10. The molecule has 3 aromatic rings. The van der Waals surface area contributed by atoms with Gasteiger partial charge in [0.15, 0.2) is 0 Å². The fourth-order valence-electron chi connectivity index (χ4n) is 3.70. The molecule has 25 heavy (non-hydrogen) atoms. The van der Waals surface area contributed by atoms with E-state index in [0.29, 0.717) is 6.04 Å². The SMILES string of the molecule is Brc1ccc2[nH]cc(CCCCC3CC(c4cccs4)=CCN3)c2c1. The summed E-state index contributed by atoms with van der Waals surface area (Å²) in [6.45, 7) is 1.01. The number of aromatic nitrogens is 1. The Morgan fingerprint density at radius 1 is 1.20 bits per heavy atom. The van der Waals surface area contributed by atoms with Crippen molar-refractivity contribution in [2.75, 3.05) is 6.54 Å². The highest BCUT2D eigenvalue weighted by atomic mass is 79.9. The number of H-pyrrole nitrogens is 1. The van der Waals surface area contributed by atoms with Crippen molar-refractivity contribution in [2.45, 2.75) is 38.1 Å². The molecule has 0 saturated heterocycles. The molecule has 1 aromatic carbocycles. The molecule has 1 atom stereocenters. The Labute approximate surface area is 161 Å². The van der Waals surface area contributed by atoms with Crippen molar-refractivity contribution < 1.29 is 0 Å². The number of aryl methyl sites for hydroxylation is 1. The average Bonchev–Trinajstić information content (AvgIpc) is 3.29. The molecular weight excluding hydrogens is 392 g/mol. The largest absolute Gasteiger partial charge is 0.361 e. The number of nitrogens with one attached hydrogen (secondary N) is 2. The first-order valence-electron chi connectivity index (χ1n) is 9.01. The Morgan fingerprint density at radius 3 is 3.04 bits per heavy atom. The molecule has 0 saturated carbocycles. The van der Waals surface area contributed by atoms with Gasteiger partial charge in [0, 0.05) is 39.0 Å². The number of benzene rings is 1. The lowest BCUT2D eigenvalue weighted by Crippen LogP contribution is -2.32. The summed E-state index contributed by atoms with van der Waals surface area (Å²) < 4.78 is 1.15. The van der Waals surface area contributed by atoms with E-state index in [-0.39, 0.29) is 0 Å². The fraction of sp³-hybridized carbons (Fsp3) is 0.333. The van der Waals surface area contributed by atoms with Crippen molar-refractivity contribution >= 4 is 43.7 Å². The van der Waals surface area contributed by atoms with Gasteiger partial charge in [-0.1, -0.05) is 34.5 Å². The summed E-state index contributed by atoms with van der Waals surface area (Å²) in [4.78, 5) is 4.83. The predicted octanol–water partition coefficient (Wildman–Crippen LogP) is 6.15. The summed E-state index contributed by atoms with van der Waals surface area (Å²) >= 11 is 5.44. The number of hydrogen-bond donors (Lipinski definition) is 2. The molecule has 4 rings (SSSR count). The van der Waals surface area contributed by atoms with Crippen LogP contribution in [0.2, 0.25) is 0 Å². The van der Waals surface area contributed by atoms with Gasteiger partial charge in [-0.05, 0) is 66.5 Å². The Morgan fingerprint density at radius 2 is 2.16 bits per heavy atom. The van der Waals surface area contributed by atoms with Gasteiger partial charge in [-0.3, -0.25) is 0 Å². The number of halogens is 1. The number of unbranched alkanes of at least 4 members (excludes halogenated alkanes) is 1. The zero-order valence-corrected chi connectivity index (χ0v) is 16.6. The van der Waals surface area contributed by atoms with E-state index in [1.54, 1.807) is 0 Å². The number of thiophene rings is 1. The molecule has 0 radical (unpaired) electrons. The van der Waals surface area contributed by atoms with E-state index in [2.05, 4.69) is 74.2 Å². The molecule has 0 fully saturated rings. The fourth-order valence-corrected chi connectivity index (χ4v) is 4.84. The summed E-state index contributed by atoms with van der Waals surface area (Å²) in [6, 6.07) is 11.5. The lowest BCUT2D eigenvalue weighted by Gasteiger charge is -2.24. The second-order valence-corrected chi connectivity index (χ2v) is 8.63. The molecule has 2 aromatic heterocycles. The number of fused-ring (bicyclic) bond motifs is 1. The van der Waals surface area contributed by atoms with Crippen LogP contribution in [0.25, 0.3) is 16.5 Å². The molecule has 130 valence electrons. The van der Waals surface area contributed by atoms with Crippen molar-refractivity contribution in [1.29, 1.82) is 0 Å². The molecule has 1 aliphatic rings. The molecule has 0 aliphatic carbocycles. The smallest absolute Gasteiger partial charge is 0.0457 e. The van der Waals surface area contributed by atoms with Crippen LogP contribution in [0.15, 0.2) is 52.5 Å². The number of rotatable bonds is 6. The topological polar surface area (TPSA) is 27.8 Å². The standard InChI is InChI=1S/C21H23BrN2S/c22-17-7-8-20-19(13-17)16(14-24-20)4-1-2-5-18-12-15(9-10-23-18)21-6-3-11-25-21/h3,6-9,11,13-14,18,23-24H,1-2,4-5,10,12H2. The first kappa shape index (κ1) is 17.1. The van der Waals surface area contributed by atoms with Gasteiger partial charge < -0.3 is 10.3 Å². The molecule has 1 aliphatic heterocycles. The quantitative estimate of drug-likeness (QED) is 0.465. The van der Waals surface area contributed by atoms with E-state index in [1.165, 1.54) is 52.6 Å². The van der Waals surface area contributed by atoms with E-state index < -0.39 is 0 Å². The van der Waals surface area contributed by atoms with Crippen molar-refractivity contribution in [1.82, 2.24) is 10.3 Å². The monoisotopic (exact) mass is 414 g/mol. The Kier molecular flexibility index (Phi) is 5.39. The highest BCUT2D eigenvalue weighted by Crippen LogP contribution is 2.28. The molecule has 0 bridgehead atoms. The summed E-state index contributed by atoms with van der Waals surface area (Å²) in [6.07, 6.45) is 10.6. The normalized spacial score (nSPS) is 17.8. The average molecular weight is 415 g/mol. The first-order chi connectivity index (χ1) is 12.3. The maximum atomic E-state index is 3.66. The molecular formula is C21H23BrN2S. The first-order valence-corrected chi connectivity index (χ1v) is 10.7. The Hall–Kier alpha value is -1.36. The van der Waals surface area contributed by atoms with Crippen LogP contribution in [0.1, 0.15) is 36.1 Å². The summed E-state index contributed by atoms with van der Waals surface area (Å²) in [5.74, 6) is 0. The third-order valence-corrected chi connectivity index (χ3v) is 6.48. The van der Waals surface area contributed by atoms with E-state index in [0.717, 1.165) is 17.4 Å². The number of hydrogen-bond acceptors (Lipinski definition) is 2. The summed E-state index contributed by atoms with van der Waals surface area (Å²) in [5, 5.41) is 7.19. The van der Waals surface area contributed by atoms with Crippen molar-refractivity contribution in [3.63, 3.8) is 0 Å². The van der Waals surface area contributed by atoms with E-state index in [9.17, 15) is 0 Å². The predicted molar refractivity (Wildman–Crippen MR) is 112 cm³/mol. The third-order valence-electron chi connectivity index (χ3n) is 5.04. The van der Waals surface area contributed by atoms with Crippen molar-refractivity contribution in [3.05, 3.63) is 62.9 Å². The Balaban J connectivity index is 1.28. The van der Waals surface area contributed by atoms with Crippen molar-refractivity contribution in [3.8, 4) is 0 Å². The van der Waals surface area contributed by atoms with Gasteiger partial charge in [-0.25, -0.2) is 0 Å². The maximum absolute atomic E-state index is 3.66. The Bertz CT molecular complexity index is 863. The van der Waals surface area contributed by atoms with Crippen LogP contribution >= 0.6 is 27.3 Å². The lowest BCUT2D eigenvalue weighted by atomic mass is 9.95. The number of aromatic amines is 1. The molecule has 2 nitrogen and oxygen atoms in total. The van der Waals surface area contributed by atoms with Gasteiger partial charge in [-0.2, -0.15) is 0 Å². The van der Waals surface area contributed by atoms with Crippen LogP contribution < -0.4 is 5.32 Å². The molecule has 0 spiro atoms.